The number of carbonyl (C=O) groups is 1. The quantitative estimate of drug-likeness (QED) is 0.779. The van der Waals surface area contributed by atoms with Gasteiger partial charge in [0, 0.05) is 30.3 Å². The number of aliphatic hydroxyl groups is 1. The average Bonchev–Trinajstić information content (AvgIpc) is 2.65. The van der Waals surface area contributed by atoms with Crippen LogP contribution in [0.5, 0.6) is 0 Å². The fourth-order valence-electron chi connectivity index (χ4n) is 3.08. The number of hydrogen-bond acceptors (Lipinski definition) is 3. The van der Waals surface area contributed by atoms with Gasteiger partial charge in [-0.25, -0.2) is 8.78 Å². The minimum absolute atomic E-state index is 0.00373. The fraction of sp³-hybridized carbons (Fsp3) is 0.316. The zero-order valence-corrected chi connectivity index (χ0v) is 13.6. The molecule has 1 heterocycles. The van der Waals surface area contributed by atoms with E-state index in [-0.39, 0.29) is 23.7 Å². The molecule has 1 aliphatic heterocycles. The van der Waals surface area contributed by atoms with Crippen LogP contribution in [0.2, 0.25) is 0 Å². The first-order valence-electron chi connectivity index (χ1n) is 8.19. The number of fused-ring (bicyclic) bond motifs is 1. The second-order valence-electron chi connectivity index (χ2n) is 6.13. The highest BCUT2D eigenvalue weighted by Gasteiger charge is 2.25. The molecule has 25 heavy (non-hydrogen) atoms. The van der Waals surface area contributed by atoms with Crippen molar-refractivity contribution in [3.63, 3.8) is 0 Å². The van der Waals surface area contributed by atoms with Crippen LogP contribution in [0.4, 0.5) is 8.78 Å². The number of alkyl halides is 2. The minimum atomic E-state index is -2.72. The van der Waals surface area contributed by atoms with Crippen LogP contribution >= 0.6 is 0 Å². The summed E-state index contributed by atoms with van der Waals surface area (Å²) in [5.41, 5.74) is 1.99. The average molecular weight is 346 g/mol. The summed E-state index contributed by atoms with van der Waals surface area (Å²) in [4.78, 5) is 12.2. The molecule has 0 bridgehead atoms. The smallest absolute Gasteiger partial charge is 0.264 e. The summed E-state index contributed by atoms with van der Waals surface area (Å²) in [5, 5.41) is 16.1. The molecule has 2 aromatic rings. The van der Waals surface area contributed by atoms with Crippen molar-refractivity contribution in [1.82, 2.24) is 10.6 Å². The van der Waals surface area contributed by atoms with E-state index in [9.17, 15) is 18.7 Å². The Morgan fingerprint density at radius 2 is 1.84 bits per heavy atom. The molecular formula is C19H20F2N2O2. The Kier molecular flexibility index (Phi) is 5.40. The molecule has 0 saturated heterocycles. The summed E-state index contributed by atoms with van der Waals surface area (Å²) in [6, 6.07) is 13.4. The highest BCUT2D eigenvalue weighted by molar-refractivity contribution is 5.95. The molecule has 2 aromatic carbocycles. The maximum atomic E-state index is 13.0. The van der Waals surface area contributed by atoms with Gasteiger partial charge in [-0.2, -0.15) is 0 Å². The molecule has 0 unspecified atom stereocenters. The normalized spacial score (nSPS) is 17.8. The van der Waals surface area contributed by atoms with Crippen LogP contribution in [0, 0.1) is 0 Å². The van der Waals surface area contributed by atoms with Crippen molar-refractivity contribution in [1.29, 1.82) is 0 Å². The van der Waals surface area contributed by atoms with E-state index in [2.05, 4.69) is 10.6 Å². The number of halogens is 2. The zero-order chi connectivity index (χ0) is 17.8. The SMILES string of the molecule is O=C(NC[C@@H](O)[C@@H]1Cc2ccccc2CN1)c1ccccc1C(F)F. The summed E-state index contributed by atoms with van der Waals surface area (Å²) in [6.07, 6.45) is -2.87. The number of carbonyl (C=O) groups excluding carboxylic acids is 1. The second kappa shape index (κ2) is 7.72. The first kappa shape index (κ1) is 17.5. The van der Waals surface area contributed by atoms with Crippen LogP contribution in [0.25, 0.3) is 0 Å². The van der Waals surface area contributed by atoms with Crippen molar-refractivity contribution < 1.29 is 18.7 Å². The maximum absolute atomic E-state index is 13.0. The van der Waals surface area contributed by atoms with Crippen molar-refractivity contribution in [2.45, 2.75) is 31.5 Å². The summed E-state index contributed by atoms with van der Waals surface area (Å²) < 4.78 is 26.0. The van der Waals surface area contributed by atoms with Crippen LogP contribution in [0.1, 0.15) is 33.5 Å². The Morgan fingerprint density at radius 3 is 2.60 bits per heavy atom. The van der Waals surface area contributed by atoms with Crippen LogP contribution < -0.4 is 10.6 Å². The van der Waals surface area contributed by atoms with Crippen LogP contribution in [0.3, 0.4) is 0 Å². The second-order valence-corrected chi connectivity index (χ2v) is 6.13. The van der Waals surface area contributed by atoms with E-state index in [1.165, 1.54) is 35.4 Å². The monoisotopic (exact) mass is 346 g/mol. The number of amides is 1. The first-order valence-corrected chi connectivity index (χ1v) is 8.19. The Morgan fingerprint density at radius 1 is 1.16 bits per heavy atom. The zero-order valence-electron chi connectivity index (χ0n) is 13.6. The van der Waals surface area contributed by atoms with Gasteiger partial charge in [-0.1, -0.05) is 42.5 Å². The molecule has 0 aliphatic carbocycles. The lowest BCUT2D eigenvalue weighted by Crippen LogP contribution is -2.49. The molecule has 0 aromatic heterocycles. The Balaban J connectivity index is 1.60. The molecule has 4 nitrogen and oxygen atoms in total. The molecule has 3 rings (SSSR count). The van der Waals surface area contributed by atoms with Gasteiger partial charge >= 0.3 is 0 Å². The summed E-state index contributed by atoms with van der Waals surface area (Å²) in [7, 11) is 0. The molecule has 0 saturated carbocycles. The first-order chi connectivity index (χ1) is 12.1. The third-order valence-electron chi connectivity index (χ3n) is 4.49. The standard InChI is InChI=1S/C19H20F2N2O2/c20-18(21)14-7-3-4-8-15(14)19(25)23-11-17(24)16-9-12-5-1-2-6-13(12)10-22-16/h1-8,16-18,22,24H,9-11H2,(H,23,25)/t16-,17+/m0/s1. The molecule has 1 amide bonds. The van der Waals surface area contributed by atoms with Crippen molar-refractivity contribution in [2.75, 3.05) is 6.54 Å². The Hall–Kier alpha value is -2.31. The van der Waals surface area contributed by atoms with Gasteiger partial charge in [0.25, 0.3) is 12.3 Å². The van der Waals surface area contributed by atoms with Crippen LogP contribution in [-0.2, 0) is 13.0 Å². The van der Waals surface area contributed by atoms with E-state index < -0.39 is 18.4 Å². The molecule has 0 fully saturated rings. The number of hydrogen-bond donors (Lipinski definition) is 3. The molecule has 1 aliphatic rings. The molecule has 132 valence electrons. The van der Waals surface area contributed by atoms with E-state index in [1.807, 2.05) is 24.3 Å². The lowest BCUT2D eigenvalue weighted by molar-refractivity contribution is 0.0859. The molecule has 3 N–H and O–H groups in total. The highest BCUT2D eigenvalue weighted by atomic mass is 19.3. The van der Waals surface area contributed by atoms with Crippen LogP contribution in [0.15, 0.2) is 48.5 Å². The molecule has 6 heteroatoms. The number of aliphatic hydroxyl groups excluding tert-OH is 1. The van der Waals surface area contributed by atoms with Crippen molar-refractivity contribution in [3.8, 4) is 0 Å². The molecule has 2 atom stereocenters. The van der Waals surface area contributed by atoms with Gasteiger partial charge in [0.1, 0.15) is 0 Å². The largest absolute Gasteiger partial charge is 0.390 e. The Labute approximate surface area is 144 Å². The molecule has 0 spiro atoms. The van der Waals surface area contributed by atoms with Gasteiger partial charge in [0.2, 0.25) is 0 Å². The number of benzene rings is 2. The highest BCUT2D eigenvalue weighted by Crippen LogP contribution is 2.22. The van der Waals surface area contributed by atoms with Crippen molar-refractivity contribution >= 4 is 5.91 Å². The van der Waals surface area contributed by atoms with Crippen molar-refractivity contribution in [3.05, 3.63) is 70.8 Å². The maximum Gasteiger partial charge on any atom is 0.264 e. The van der Waals surface area contributed by atoms with Gasteiger partial charge in [-0.05, 0) is 23.6 Å². The topological polar surface area (TPSA) is 61.4 Å². The van der Waals surface area contributed by atoms with Gasteiger partial charge in [0.15, 0.2) is 0 Å². The fourth-order valence-corrected chi connectivity index (χ4v) is 3.08. The minimum Gasteiger partial charge on any atom is -0.390 e. The summed E-state index contributed by atoms with van der Waals surface area (Å²) in [5.74, 6) is -0.605. The third kappa shape index (κ3) is 4.03. The van der Waals surface area contributed by atoms with Gasteiger partial charge in [-0.3, -0.25) is 4.79 Å². The van der Waals surface area contributed by atoms with E-state index in [1.54, 1.807) is 0 Å². The predicted molar refractivity (Wildman–Crippen MR) is 90.5 cm³/mol. The number of nitrogens with one attached hydrogen (secondary N) is 2. The lowest BCUT2D eigenvalue weighted by Gasteiger charge is -2.30. The van der Waals surface area contributed by atoms with Crippen molar-refractivity contribution in [2.24, 2.45) is 0 Å². The molecular weight excluding hydrogens is 326 g/mol. The summed E-state index contributed by atoms with van der Waals surface area (Å²) >= 11 is 0. The van der Waals surface area contributed by atoms with Gasteiger partial charge in [0.05, 0.1) is 6.10 Å². The van der Waals surface area contributed by atoms with E-state index in [0.717, 1.165) is 0 Å². The molecule has 0 radical (unpaired) electrons. The third-order valence-corrected chi connectivity index (χ3v) is 4.49. The lowest BCUT2D eigenvalue weighted by atomic mass is 9.93. The number of rotatable bonds is 5. The van der Waals surface area contributed by atoms with Gasteiger partial charge in [-0.15, -0.1) is 0 Å². The van der Waals surface area contributed by atoms with E-state index in [4.69, 9.17) is 0 Å². The summed E-state index contributed by atoms with van der Waals surface area (Å²) in [6.45, 7) is 0.649. The predicted octanol–water partition coefficient (Wildman–Crippen LogP) is 2.43. The van der Waals surface area contributed by atoms with Crippen LogP contribution in [-0.4, -0.2) is 29.7 Å². The van der Waals surface area contributed by atoms with E-state index in [0.29, 0.717) is 13.0 Å². The van der Waals surface area contributed by atoms with Gasteiger partial charge < -0.3 is 15.7 Å². The van der Waals surface area contributed by atoms with E-state index >= 15 is 0 Å². The Bertz CT molecular complexity index is 752.